The topological polar surface area (TPSA) is 119 Å². The lowest BCUT2D eigenvalue weighted by atomic mass is 10.3. The number of hydrogen-bond donors (Lipinski definition) is 3. The van der Waals surface area contributed by atoms with Gasteiger partial charge in [-0.1, -0.05) is 0 Å². The number of nitrogens with two attached hydrogens (primary N) is 1. The van der Waals surface area contributed by atoms with Gasteiger partial charge in [0.25, 0.3) is 0 Å². The van der Waals surface area contributed by atoms with Crippen molar-refractivity contribution in [1.29, 1.82) is 0 Å². The van der Waals surface area contributed by atoms with Gasteiger partial charge in [0.05, 0.1) is 12.4 Å². The molecule has 9 heteroatoms. The van der Waals surface area contributed by atoms with Gasteiger partial charge < -0.3 is 5.73 Å². The van der Waals surface area contributed by atoms with Crippen molar-refractivity contribution in [2.24, 2.45) is 7.05 Å². The first-order chi connectivity index (χ1) is 8.49. The number of H-pyrrole nitrogens is 1. The fourth-order valence-electron chi connectivity index (χ4n) is 1.51. The van der Waals surface area contributed by atoms with Crippen molar-refractivity contribution in [3.05, 3.63) is 24.2 Å². The third-order valence-corrected chi connectivity index (χ3v) is 3.87. The van der Waals surface area contributed by atoms with E-state index in [1.54, 1.807) is 17.9 Å². The van der Waals surface area contributed by atoms with Crippen molar-refractivity contribution in [1.82, 2.24) is 24.7 Å². The predicted octanol–water partition coefficient (Wildman–Crippen LogP) is -0.754. The lowest BCUT2D eigenvalue weighted by Crippen LogP contribution is -2.26. The fraction of sp³-hybridized carbons (Fsp3) is 0.333. The Labute approximate surface area is 104 Å². The maximum absolute atomic E-state index is 11.8. The maximum atomic E-state index is 11.8. The Morgan fingerprint density at radius 1 is 1.50 bits per heavy atom. The number of rotatable bonds is 5. The zero-order valence-electron chi connectivity index (χ0n) is 9.79. The van der Waals surface area contributed by atoms with E-state index in [1.807, 2.05) is 6.20 Å². The molecule has 2 rings (SSSR count). The van der Waals surface area contributed by atoms with Gasteiger partial charge in [0.2, 0.25) is 10.0 Å². The summed E-state index contributed by atoms with van der Waals surface area (Å²) in [4.78, 5) is -0.0336. The Bertz CT molecular complexity index is 629. The van der Waals surface area contributed by atoms with E-state index >= 15 is 0 Å². The van der Waals surface area contributed by atoms with Crippen LogP contribution in [0, 0.1) is 0 Å². The molecule has 0 saturated heterocycles. The molecule has 2 aromatic rings. The molecule has 4 N–H and O–H groups in total. The van der Waals surface area contributed by atoms with E-state index in [9.17, 15) is 8.42 Å². The van der Waals surface area contributed by atoms with E-state index in [4.69, 9.17) is 5.73 Å². The number of anilines is 1. The van der Waals surface area contributed by atoms with Crippen LogP contribution in [0.3, 0.4) is 0 Å². The van der Waals surface area contributed by atoms with Crippen LogP contribution in [0.25, 0.3) is 0 Å². The Balaban J connectivity index is 1.96. The van der Waals surface area contributed by atoms with Crippen LogP contribution in [0.2, 0.25) is 0 Å². The minimum Gasteiger partial charge on any atom is -0.383 e. The number of hydrogen-bond acceptors (Lipinski definition) is 5. The monoisotopic (exact) mass is 270 g/mol. The number of aromatic amines is 1. The standard InChI is InChI=1S/C9H14N6O2S/c1-15-6-7(4-12-15)2-3-13-18(16,17)8-5-11-14-9(8)10/h4-6,13H,2-3H2,1H3,(H3,10,11,14). The highest BCUT2D eigenvalue weighted by Gasteiger charge is 2.18. The molecule has 0 aliphatic rings. The number of nitrogens with zero attached hydrogens (tertiary/aromatic N) is 3. The Morgan fingerprint density at radius 2 is 2.28 bits per heavy atom. The molecule has 0 saturated carbocycles. The predicted molar refractivity (Wildman–Crippen MR) is 65.1 cm³/mol. The molecular weight excluding hydrogens is 256 g/mol. The van der Waals surface area contributed by atoms with Gasteiger partial charge in [0, 0.05) is 19.8 Å². The maximum Gasteiger partial charge on any atom is 0.245 e. The molecule has 0 aliphatic heterocycles. The van der Waals surface area contributed by atoms with Crippen molar-refractivity contribution < 1.29 is 8.42 Å². The van der Waals surface area contributed by atoms with E-state index < -0.39 is 10.0 Å². The van der Waals surface area contributed by atoms with Crippen LogP contribution in [0.1, 0.15) is 5.56 Å². The van der Waals surface area contributed by atoms with Crippen molar-refractivity contribution >= 4 is 15.8 Å². The highest BCUT2D eigenvalue weighted by atomic mass is 32.2. The Kier molecular flexibility index (Phi) is 3.34. The summed E-state index contributed by atoms with van der Waals surface area (Å²) in [5.74, 6) is 0.0314. The molecule has 0 radical (unpaired) electrons. The first-order valence-electron chi connectivity index (χ1n) is 5.25. The van der Waals surface area contributed by atoms with Gasteiger partial charge in [-0.3, -0.25) is 9.78 Å². The molecule has 0 aliphatic carbocycles. The van der Waals surface area contributed by atoms with Gasteiger partial charge >= 0.3 is 0 Å². The minimum atomic E-state index is -3.61. The van der Waals surface area contributed by atoms with Crippen LogP contribution < -0.4 is 10.5 Å². The molecule has 0 atom stereocenters. The van der Waals surface area contributed by atoms with Crippen molar-refractivity contribution in [2.45, 2.75) is 11.3 Å². The van der Waals surface area contributed by atoms with Crippen LogP contribution in [-0.2, 0) is 23.5 Å². The summed E-state index contributed by atoms with van der Waals surface area (Å²) in [5, 5.41) is 9.96. The van der Waals surface area contributed by atoms with Crippen molar-refractivity contribution in [2.75, 3.05) is 12.3 Å². The summed E-state index contributed by atoms with van der Waals surface area (Å²) in [6.45, 7) is 0.276. The molecule has 2 heterocycles. The molecule has 0 amide bonds. The smallest absolute Gasteiger partial charge is 0.245 e. The van der Waals surface area contributed by atoms with Crippen LogP contribution in [0.15, 0.2) is 23.5 Å². The average molecular weight is 270 g/mol. The second-order valence-electron chi connectivity index (χ2n) is 3.82. The fourth-order valence-corrected chi connectivity index (χ4v) is 2.56. The van der Waals surface area contributed by atoms with Crippen molar-refractivity contribution in [3.8, 4) is 0 Å². The highest BCUT2D eigenvalue weighted by Crippen LogP contribution is 2.13. The molecule has 98 valence electrons. The summed E-state index contributed by atoms with van der Waals surface area (Å²) >= 11 is 0. The SMILES string of the molecule is Cn1cc(CCNS(=O)(=O)c2cn[nH]c2N)cn1. The van der Waals surface area contributed by atoms with Gasteiger partial charge in [-0.15, -0.1) is 0 Å². The van der Waals surface area contributed by atoms with Gasteiger partial charge in [-0.25, -0.2) is 13.1 Å². The minimum absolute atomic E-state index is 0.0314. The van der Waals surface area contributed by atoms with Gasteiger partial charge in [-0.05, 0) is 12.0 Å². The lowest BCUT2D eigenvalue weighted by Gasteiger charge is -2.04. The molecule has 18 heavy (non-hydrogen) atoms. The zero-order chi connectivity index (χ0) is 13.2. The number of aryl methyl sites for hydroxylation is 1. The molecule has 8 nitrogen and oxygen atoms in total. The summed E-state index contributed by atoms with van der Waals surface area (Å²) in [6, 6.07) is 0. The molecule has 0 aromatic carbocycles. The summed E-state index contributed by atoms with van der Waals surface area (Å²) in [6.07, 6.45) is 5.27. The van der Waals surface area contributed by atoms with Crippen molar-refractivity contribution in [3.63, 3.8) is 0 Å². The van der Waals surface area contributed by atoms with Gasteiger partial charge in [-0.2, -0.15) is 10.2 Å². The quantitative estimate of drug-likeness (QED) is 0.660. The number of nitrogens with one attached hydrogen (secondary N) is 2. The summed E-state index contributed by atoms with van der Waals surface area (Å²) in [7, 11) is -1.80. The van der Waals surface area contributed by atoms with Gasteiger partial charge in [0.1, 0.15) is 10.7 Å². The van der Waals surface area contributed by atoms with Crippen LogP contribution in [0.5, 0.6) is 0 Å². The second kappa shape index (κ2) is 4.78. The van der Waals surface area contributed by atoms with E-state index in [-0.39, 0.29) is 17.3 Å². The Hall–Kier alpha value is -1.87. The van der Waals surface area contributed by atoms with Crippen LogP contribution in [0.4, 0.5) is 5.82 Å². The molecule has 0 fully saturated rings. The lowest BCUT2D eigenvalue weighted by molar-refractivity contribution is 0.582. The normalized spacial score (nSPS) is 11.8. The molecule has 2 aromatic heterocycles. The van der Waals surface area contributed by atoms with E-state index in [2.05, 4.69) is 20.0 Å². The second-order valence-corrected chi connectivity index (χ2v) is 5.55. The Morgan fingerprint density at radius 3 is 2.83 bits per heavy atom. The highest BCUT2D eigenvalue weighted by molar-refractivity contribution is 7.89. The van der Waals surface area contributed by atoms with Crippen LogP contribution in [-0.4, -0.2) is 34.9 Å². The number of sulfonamides is 1. The third kappa shape index (κ3) is 2.68. The van der Waals surface area contributed by atoms with Gasteiger partial charge in [0.15, 0.2) is 0 Å². The van der Waals surface area contributed by atoms with E-state index in [0.29, 0.717) is 6.42 Å². The number of aromatic nitrogens is 4. The van der Waals surface area contributed by atoms with E-state index in [0.717, 1.165) is 5.56 Å². The zero-order valence-corrected chi connectivity index (χ0v) is 10.6. The third-order valence-electron chi connectivity index (χ3n) is 2.39. The van der Waals surface area contributed by atoms with Crippen LogP contribution >= 0.6 is 0 Å². The first-order valence-corrected chi connectivity index (χ1v) is 6.73. The molecular formula is C9H14N6O2S. The number of nitrogen functional groups attached to an aromatic ring is 1. The molecule has 0 bridgehead atoms. The average Bonchev–Trinajstić information content (AvgIpc) is 2.87. The first kappa shape index (κ1) is 12.6. The summed E-state index contributed by atoms with van der Waals surface area (Å²) < 4.78 is 27.8. The molecule has 0 unspecified atom stereocenters. The molecule has 0 spiro atoms. The summed E-state index contributed by atoms with van der Waals surface area (Å²) in [5.41, 5.74) is 6.42. The van der Waals surface area contributed by atoms with E-state index in [1.165, 1.54) is 6.20 Å². The largest absolute Gasteiger partial charge is 0.383 e.